The summed E-state index contributed by atoms with van der Waals surface area (Å²) >= 11 is 0. The molecule has 9 aromatic rings. The van der Waals surface area contributed by atoms with Gasteiger partial charge in [-0.2, -0.15) is 0 Å². The van der Waals surface area contributed by atoms with E-state index in [1.54, 1.807) is 200 Å². The van der Waals surface area contributed by atoms with E-state index in [2.05, 4.69) is 0 Å². The predicted molar refractivity (Wildman–Crippen MR) is 262 cm³/mol. The molecule has 9 rings (SSSR count). The summed E-state index contributed by atoms with van der Waals surface area (Å²) in [4.78, 5) is 78.0. The van der Waals surface area contributed by atoms with E-state index in [4.69, 9.17) is 18.9 Å². The summed E-state index contributed by atoms with van der Waals surface area (Å²) in [7, 11) is 0. The summed E-state index contributed by atoms with van der Waals surface area (Å²) in [5.74, 6) is 0.356. The molecule has 0 fully saturated rings. The molecule has 0 aliphatic heterocycles. The van der Waals surface area contributed by atoms with Crippen LogP contribution in [0.2, 0.25) is 0 Å². The second-order valence-electron chi connectivity index (χ2n) is 15.8. The summed E-state index contributed by atoms with van der Waals surface area (Å²) in [6.45, 7) is 0. The molecule has 0 saturated heterocycles. The number of rotatable bonds is 16. The molecule has 0 bridgehead atoms. The number of carbonyl (C=O) groups excluding carboxylic acids is 6. The monoisotopic (exact) mass is 918 g/mol. The molecule has 9 aromatic carbocycles. The maximum absolute atomic E-state index is 13.2. The maximum atomic E-state index is 13.2. The summed E-state index contributed by atoms with van der Waals surface area (Å²) < 4.78 is 23.0. The zero-order chi connectivity index (χ0) is 48.4. The Morgan fingerprint density at radius 3 is 0.714 bits per heavy atom. The van der Waals surface area contributed by atoms with Crippen molar-refractivity contribution < 1.29 is 47.7 Å². The van der Waals surface area contributed by atoms with Gasteiger partial charge in [-0.25, -0.2) is 9.59 Å². The lowest BCUT2D eigenvalue weighted by Gasteiger charge is -2.10. The van der Waals surface area contributed by atoms with Crippen LogP contribution in [0.4, 0.5) is 0 Å². The fourth-order valence-electron chi connectivity index (χ4n) is 7.27. The normalized spacial score (nSPS) is 10.6. The molecule has 10 heteroatoms. The Hall–Kier alpha value is -9.80. The van der Waals surface area contributed by atoms with Crippen molar-refractivity contribution in [2.45, 2.75) is 0 Å². The Morgan fingerprint density at radius 1 is 0.214 bits per heavy atom. The van der Waals surface area contributed by atoms with Crippen molar-refractivity contribution >= 4 is 35.1 Å². The van der Waals surface area contributed by atoms with Crippen LogP contribution in [0, 0.1) is 0 Å². The average molecular weight is 919 g/mol. The van der Waals surface area contributed by atoms with E-state index < -0.39 is 11.9 Å². The van der Waals surface area contributed by atoms with Crippen molar-refractivity contribution in [3.63, 3.8) is 0 Å². The lowest BCUT2D eigenvalue weighted by atomic mass is 9.98. The van der Waals surface area contributed by atoms with E-state index in [1.165, 1.54) is 18.2 Å². The molecule has 338 valence electrons. The van der Waals surface area contributed by atoms with Gasteiger partial charge in [-0.3, -0.25) is 19.2 Å². The summed E-state index contributed by atoms with van der Waals surface area (Å²) in [6, 6.07) is 63.1. The average Bonchev–Trinajstić information content (AvgIpc) is 3.42. The van der Waals surface area contributed by atoms with Crippen LogP contribution in [-0.2, 0) is 0 Å². The molecule has 0 unspecified atom stereocenters. The molecule has 0 aliphatic carbocycles. The first-order chi connectivity index (χ1) is 34.1. The first-order valence-corrected chi connectivity index (χ1v) is 21.9. The van der Waals surface area contributed by atoms with E-state index in [1.807, 2.05) is 12.1 Å². The molecular weight excluding hydrogens is 881 g/mol. The predicted octanol–water partition coefficient (Wildman–Crippen LogP) is 12.6. The van der Waals surface area contributed by atoms with Crippen molar-refractivity contribution in [1.29, 1.82) is 0 Å². The third kappa shape index (κ3) is 10.9. The molecular formula is C60H38O10. The van der Waals surface area contributed by atoms with Crippen LogP contribution >= 0.6 is 0 Å². The van der Waals surface area contributed by atoms with Gasteiger partial charge >= 0.3 is 11.9 Å². The Bertz CT molecular complexity index is 3120. The van der Waals surface area contributed by atoms with Crippen molar-refractivity contribution in [3.8, 4) is 34.5 Å². The van der Waals surface area contributed by atoms with Crippen LogP contribution in [0.15, 0.2) is 231 Å². The fourth-order valence-corrected chi connectivity index (χ4v) is 7.27. The lowest BCUT2D eigenvalue weighted by molar-refractivity contribution is 0.0733. The third-order valence-corrected chi connectivity index (χ3v) is 11.0. The quantitative estimate of drug-likeness (QED) is 0.0523. The first-order valence-electron chi connectivity index (χ1n) is 21.9. The number of esters is 2. The number of hydrogen-bond donors (Lipinski definition) is 0. The van der Waals surface area contributed by atoms with Gasteiger partial charge in [0, 0.05) is 44.5 Å². The molecule has 0 atom stereocenters. The van der Waals surface area contributed by atoms with E-state index in [0.717, 1.165) is 0 Å². The van der Waals surface area contributed by atoms with Crippen LogP contribution in [0.5, 0.6) is 34.5 Å². The molecule has 0 saturated carbocycles. The van der Waals surface area contributed by atoms with Crippen molar-refractivity contribution in [1.82, 2.24) is 0 Å². The van der Waals surface area contributed by atoms with E-state index >= 15 is 0 Å². The van der Waals surface area contributed by atoms with Crippen molar-refractivity contribution in [2.75, 3.05) is 0 Å². The Kier molecular flexibility index (Phi) is 13.5. The highest BCUT2D eigenvalue weighted by Gasteiger charge is 2.17. The number of carbonyl (C=O) groups is 6. The molecule has 0 aliphatic rings. The van der Waals surface area contributed by atoms with Crippen LogP contribution in [0.3, 0.4) is 0 Å². The Labute approximate surface area is 402 Å². The SMILES string of the molecule is O=C(Oc1ccc(Oc2ccc(C(=O)c3ccc(C(=O)c4ccccc4)cc3)cc2)cc1)c1cccc(C(=O)Oc2ccc(Oc3ccc(C(=O)c4ccc(C(=O)c5ccccc5)cc4)cc3)cc2)c1. The summed E-state index contributed by atoms with van der Waals surface area (Å²) in [5, 5.41) is 0. The molecule has 0 N–H and O–H groups in total. The van der Waals surface area contributed by atoms with E-state index in [9.17, 15) is 28.8 Å². The van der Waals surface area contributed by atoms with Gasteiger partial charge in [-0.1, -0.05) is 115 Å². The summed E-state index contributed by atoms with van der Waals surface area (Å²) in [6.07, 6.45) is 0. The molecule has 0 aromatic heterocycles. The molecule has 10 nitrogen and oxygen atoms in total. The van der Waals surface area contributed by atoms with Gasteiger partial charge in [-0.15, -0.1) is 0 Å². The molecule has 0 heterocycles. The molecule has 70 heavy (non-hydrogen) atoms. The van der Waals surface area contributed by atoms with Gasteiger partial charge in [0.05, 0.1) is 11.1 Å². The number of hydrogen-bond acceptors (Lipinski definition) is 10. The maximum Gasteiger partial charge on any atom is 0.343 e. The fraction of sp³-hybridized carbons (Fsp3) is 0. The van der Waals surface area contributed by atoms with Crippen molar-refractivity contribution in [3.05, 3.63) is 286 Å². The lowest BCUT2D eigenvalue weighted by Crippen LogP contribution is -2.12. The van der Waals surface area contributed by atoms with Gasteiger partial charge in [0.25, 0.3) is 0 Å². The molecule has 0 spiro atoms. The van der Waals surface area contributed by atoms with Gasteiger partial charge in [0.2, 0.25) is 0 Å². The smallest absolute Gasteiger partial charge is 0.343 e. The van der Waals surface area contributed by atoms with Crippen LogP contribution < -0.4 is 18.9 Å². The number of ether oxygens (including phenoxy) is 4. The highest BCUT2D eigenvalue weighted by molar-refractivity contribution is 6.13. The van der Waals surface area contributed by atoms with Crippen molar-refractivity contribution in [2.24, 2.45) is 0 Å². The standard InChI is InChI=1S/C60H38O10/c61-55(39-8-3-1-4-9-39)41-14-18-43(19-15-41)57(63)45-22-26-49(27-23-45)67-51-30-34-53(35-31-51)69-59(65)47-12-7-13-48(38-47)60(66)70-54-36-32-52(33-37-54)68-50-28-24-46(25-29-50)58(64)44-20-16-42(17-21-44)56(62)40-10-5-2-6-11-40/h1-38H. The number of ketones is 4. The van der Waals surface area contributed by atoms with Gasteiger partial charge < -0.3 is 18.9 Å². The summed E-state index contributed by atoms with van der Waals surface area (Å²) in [5.41, 5.74) is 4.18. The minimum atomic E-state index is -0.689. The van der Waals surface area contributed by atoms with Crippen LogP contribution in [0.25, 0.3) is 0 Å². The largest absolute Gasteiger partial charge is 0.457 e. The highest BCUT2D eigenvalue weighted by Crippen LogP contribution is 2.28. The second kappa shape index (κ2) is 20.8. The second-order valence-corrected chi connectivity index (χ2v) is 15.8. The minimum absolute atomic E-state index is 0.120. The van der Waals surface area contributed by atoms with Crippen LogP contribution in [0.1, 0.15) is 84.4 Å². The van der Waals surface area contributed by atoms with Crippen LogP contribution in [-0.4, -0.2) is 35.1 Å². The van der Waals surface area contributed by atoms with Gasteiger partial charge in [-0.05, 0) is 115 Å². The van der Waals surface area contributed by atoms with Gasteiger partial charge in [0.1, 0.15) is 34.5 Å². The minimum Gasteiger partial charge on any atom is -0.457 e. The number of benzene rings is 9. The third-order valence-electron chi connectivity index (χ3n) is 11.0. The Morgan fingerprint density at radius 2 is 0.429 bits per heavy atom. The molecule has 0 amide bonds. The van der Waals surface area contributed by atoms with E-state index in [-0.39, 0.29) is 45.8 Å². The zero-order valence-corrected chi connectivity index (χ0v) is 37.0. The van der Waals surface area contributed by atoms with Gasteiger partial charge in [0.15, 0.2) is 23.1 Å². The highest BCUT2D eigenvalue weighted by atomic mass is 16.5. The van der Waals surface area contributed by atoms with E-state index in [0.29, 0.717) is 67.5 Å². The molecule has 0 radical (unpaired) electrons. The Balaban J connectivity index is 0.735. The zero-order valence-electron chi connectivity index (χ0n) is 37.0. The topological polar surface area (TPSA) is 139 Å². The first kappa shape index (κ1) is 45.4.